The number of nitrogens with one attached hydrogen (secondary N) is 1. The Kier molecular flexibility index (Phi) is 5.77. The molecule has 0 saturated carbocycles. The van der Waals surface area contributed by atoms with E-state index in [0.717, 1.165) is 0 Å². The molecule has 5 nitrogen and oxygen atoms in total. The van der Waals surface area contributed by atoms with Crippen molar-refractivity contribution in [3.8, 4) is 5.88 Å². The van der Waals surface area contributed by atoms with Crippen molar-refractivity contribution in [2.24, 2.45) is 0 Å². The molecule has 8 heteroatoms. The van der Waals surface area contributed by atoms with Crippen LogP contribution in [0.5, 0.6) is 5.88 Å². The third kappa shape index (κ3) is 6.61. The largest absolute Gasteiger partial charge is 0.475 e. The van der Waals surface area contributed by atoms with Gasteiger partial charge in [-0.3, -0.25) is 0 Å². The van der Waals surface area contributed by atoms with Gasteiger partial charge < -0.3 is 14.8 Å². The number of hydrogen-bond acceptors (Lipinski definition) is 5. The van der Waals surface area contributed by atoms with Crippen molar-refractivity contribution in [2.45, 2.75) is 39.5 Å². The van der Waals surface area contributed by atoms with E-state index in [1.54, 1.807) is 6.92 Å². The standard InChI is InChI=1S/C13H20F3N3O2/c1-5-17-9-8-10(19-11(18-9)13(14,15)16)20-6-7-21-12(2,3)4/h8H,5-7H2,1-4H3,(H,17,18,19). The van der Waals surface area contributed by atoms with Crippen LogP contribution in [0.15, 0.2) is 6.07 Å². The summed E-state index contributed by atoms with van der Waals surface area (Å²) < 4.78 is 48.7. The van der Waals surface area contributed by atoms with Crippen LogP contribution in [0.3, 0.4) is 0 Å². The average Bonchev–Trinajstić information content (AvgIpc) is 2.33. The zero-order chi connectivity index (χ0) is 16.1. The van der Waals surface area contributed by atoms with Gasteiger partial charge in [-0.1, -0.05) is 0 Å². The van der Waals surface area contributed by atoms with Gasteiger partial charge in [-0.05, 0) is 27.7 Å². The van der Waals surface area contributed by atoms with E-state index >= 15 is 0 Å². The molecular weight excluding hydrogens is 287 g/mol. The van der Waals surface area contributed by atoms with Gasteiger partial charge in [0, 0.05) is 12.6 Å². The van der Waals surface area contributed by atoms with E-state index in [9.17, 15) is 13.2 Å². The van der Waals surface area contributed by atoms with Crippen LogP contribution in [0, 0.1) is 0 Å². The summed E-state index contributed by atoms with van der Waals surface area (Å²) in [5.74, 6) is -1.29. The highest BCUT2D eigenvalue weighted by molar-refractivity contribution is 5.38. The molecule has 120 valence electrons. The molecule has 1 aromatic rings. The number of ether oxygens (including phenoxy) is 2. The molecule has 1 N–H and O–H groups in total. The van der Waals surface area contributed by atoms with Gasteiger partial charge in [-0.15, -0.1) is 0 Å². The number of halogens is 3. The molecule has 0 aliphatic heterocycles. The smallest absolute Gasteiger partial charge is 0.451 e. The van der Waals surface area contributed by atoms with Crippen molar-refractivity contribution in [1.82, 2.24) is 9.97 Å². The summed E-state index contributed by atoms with van der Waals surface area (Å²) in [5.41, 5.74) is -0.332. The zero-order valence-corrected chi connectivity index (χ0v) is 12.5. The zero-order valence-electron chi connectivity index (χ0n) is 12.5. The van der Waals surface area contributed by atoms with Gasteiger partial charge in [-0.2, -0.15) is 18.2 Å². The minimum Gasteiger partial charge on any atom is -0.475 e. The van der Waals surface area contributed by atoms with Crippen LogP contribution >= 0.6 is 0 Å². The first-order valence-electron chi connectivity index (χ1n) is 6.58. The van der Waals surface area contributed by atoms with Crippen molar-refractivity contribution < 1.29 is 22.6 Å². The fourth-order valence-electron chi connectivity index (χ4n) is 1.39. The lowest BCUT2D eigenvalue weighted by atomic mass is 10.2. The van der Waals surface area contributed by atoms with E-state index in [1.807, 2.05) is 20.8 Å². The van der Waals surface area contributed by atoms with Crippen LogP contribution in [0.2, 0.25) is 0 Å². The van der Waals surface area contributed by atoms with Gasteiger partial charge in [0.15, 0.2) is 0 Å². The fourth-order valence-corrected chi connectivity index (χ4v) is 1.39. The molecular formula is C13H20F3N3O2. The number of aromatic nitrogens is 2. The van der Waals surface area contributed by atoms with Crippen molar-refractivity contribution in [3.63, 3.8) is 0 Å². The topological polar surface area (TPSA) is 56.3 Å². The quantitative estimate of drug-likeness (QED) is 0.818. The monoisotopic (exact) mass is 307 g/mol. The molecule has 0 bridgehead atoms. The minimum atomic E-state index is -4.62. The van der Waals surface area contributed by atoms with Crippen LogP contribution in [0.4, 0.5) is 19.0 Å². The number of rotatable bonds is 6. The van der Waals surface area contributed by atoms with Crippen LogP contribution in [-0.2, 0) is 10.9 Å². The predicted octanol–water partition coefficient (Wildman–Crippen LogP) is 3.12. The Balaban J connectivity index is 2.74. The minimum absolute atomic E-state index is 0.0755. The summed E-state index contributed by atoms with van der Waals surface area (Å²) >= 11 is 0. The average molecular weight is 307 g/mol. The molecule has 1 aromatic heterocycles. The van der Waals surface area contributed by atoms with Crippen LogP contribution < -0.4 is 10.1 Å². The summed E-state index contributed by atoms with van der Waals surface area (Å²) in [7, 11) is 0. The highest BCUT2D eigenvalue weighted by atomic mass is 19.4. The van der Waals surface area contributed by atoms with Crippen molar-refractivity contribution in [3.05, 3.63) is 11.9 Å². The van der Waals surface area contributed by atoms with E-state index < -0.39 is 12.0 Å². The summed E-state index contributed by atoms with van der Waals surface area (Å²) in [5, 5.41) is 2.71. The van der Waals surface area contributed by atoms with Gasteiger partial charge in [-0.25, -0.2) is 4.98 Å². The predicted molar refractivity (Wildman–Crippen MR) is 72.4 cm³/mol. The highest BCUT2D eigenvalue weighted by Crippen LogP contribution is 2.28. The summed E-state index contributed by atoms with van der Waals surface area (Å²) in [6, 6.07) is 1.33. The summed E-state index contributed by atoms with van der Waals surface area (Å²) in [6.07, 6.45) is -4.62. The lowest BCUT2D eigenvalue weighted by molar-refractivity contribution is -0.145. The Morgan fingerprint density at radius 3 is 2.33 bits per heavy atom. The molecule has 0 amide bonds. The van der Waals surface area contributed by atoms with Gasteiger partial charge >= 0.3 is 6.18 Å². The Bertz CT molecular complexity index is 459. The Hall–Kier alpha value is -1.57. The van der Waals surface area contributed by atoms with E-state index in [2.05, 4.69) is 15.3 Å². The molecule has 0 aliphatic carbocycles. The van der Waals surface area contributed by atoms with Gasteiger partial charge in [0.05, 0.1) is 12.2 Å². The number of alkyl halides is 3. The number of nitrogens with zero attached hydrogens (tertiary/aromatic N) is 2. The Morgan fingerprint density at radius 2 is 1.81 bits per heavy atom. The third-order valence-corrected chi connectivity index (χ3v) is 2.18. The van der Waals surface area contributed by atoms with Crippen molar-refractivity contribution >= 4 is 5.82 Å². The Morgan fingerprint density at radius 1 is 1.14 bits per heavy atom. The van der Waals surface area contributed by atoms with E-state index in [0.29, 0.717) is 6.54 Å². The fraction of sp³-hybridized carbons (Fsp3) is 0.692. The first-order valence-corrected chi connectivity index (χ1v) is 6.58. The Labute approximate surface area is 121 Å². The first-order chi connectivity index (χ1) is 9.62. The van der Waals surface area contributed by atoms with E-state index in [4.69, 9.17) is 9.47 Å². The van der Waals surface area contributed by atoms with E-state index in [1.165, 1.54) is 6.07 Å². The molecule has 21 heavy (non-hydrogen) atoms. The lowest BCUT2D eigenvalue weighted by Crippen LogP contribution is -2.23. The van der Waals surface area contributed by atoms with Gasteiger partial charge in [0.2, 0.25) is 11.7 Å². The molecule has 0 saturated heterocycles. The third-order valence-electron chi connectivity index (χ3n) is 2.18. The molecule has 0 fully saturated rings. The SMILES string of the molecule is CCNc1cc(OCCOC(C)(C)C)nc(C(F)(F)F)n1. The molecule has 0 spiro atoms. The van der Waals surface area contributed by atoms with E-state index in [-0.39, 0.29) is 30.5 Å². The second-order valence-electron chi connectivity index (χ2n) is 5.25. The maximum absolute atomic E-state index is 12.7. The highest BCUT2D eigenvalue weighted by Gasteiger charge is 2.35. The molecule has 0 radical (unpaired) electrons. The molecule has 0 aliphatic rings. The maximum Gasteiger partial charge on any atom is 0.451 e. The summed E-state index contributed by atoms with van der Waals surface area (Å²) in [4.78, 5) is 6.77. The van der Waals surface area contributed by atoms with Gasteiger partial charge in [0.25, 0.3) is 0 Å². The van der Waals surface area contributed by atoms with Crippen LogP contribution in [0.1, 0.15) is 33.5 Å². The molecule has 1 rings (SSSR count). The molecule has 0 unspecified atom stereocenters. The summed E-state index contributed by atoms with van der Waals surface area (Å²) in [6.45, 7) is 8.20. The normalized spacial score (nSPS) is 12.3. The van der Waals surface area contributed by atoms with Crippen LogP contribution in [0.25, 0.3) is 0 Å². The number of anilines is 1. The second-order valence-corrected chi connectivity index (χ2v) is 5.25. The van der Waals surface area contributed by atoms with Gasteiger partial charge in [0.1, 0.15) is 12.4 Å². The van der Waals surface area contributed by atoms with Crippen molar-refractivity contribution in [2.75, 3.05) is 25.1 Å². The first kappa shape index (κ1) is 17.5. The van der Waals surface area contributed by atoms with Crippen LogP contribution in [-0.4, -0.2) is 35.3 Å². The maximum atomic E-state index is 12.7. The lowest BCUT2D eigenvalue weighted by Gasteiger charge is -2.19. The molecule has 0 atom stereocenters. The van der Waals surface area contributed by atoms with Crippen molar-refractivity contribution in [1.29, 1.82) is 0 Å². The molecule has 1 heterocycles. The number of hydrogen-bond donors (Lipinski definition) is 1. The molecule has 0 aromatic carbocycles. The second kappa shape index (κ2) is 6.93.